The smallest absolute Gasteiger partial charge is 0.264 e. The van der Waals surface area contributed by atoms with Crippen LogP contribution >= 0.6 is 0 Å². The number of anilines is 1. The van der Waals surface area contributed by atoms with Gasteiger partial charge in [-0.25, -0.2) is 13.8 Å². The molecule has 4 aromatic rings. The average molecular weight is 512 g/mol. The van der Waals surface area contributed by atoms with Gasteiger partial charge in [-0.1, -0.05) is 65.7 Å². The minimum absolute atomic E-state index is 0.127. The van der Waals surface area contributed by atoms with Crippen LogP contribution in [0.15, 0.2) is 82.8 Å². The molecule has 1 aliphatic carbocycles. The number of nitrogens with zero attached hydrogens (tertiary/aromatic N) is 2. The first-order valence-corrected chi connectivity index (χ1v) is 13.7. The highest BCUT2D eigenvalue weighted by atomic mass is 32.2. The Morgan fingerprint density at radius 3 is 2.35 bits per heavy atom. The molecule has 0 heterocycles. The van der Waals surface area contributed by atoms with Gasteiger partial charge in [-0.2, -0.15) is 5.10 Å². The van der Waals surface area contributed by atoms with Crippen LogP contribution in [0.3, 0.4) is 0 Å². The van der Waals surface area contributed by atoms with E-state index in [1.807, 2.05) is 45.0 Å². The third-order valence-electron chi connectivity index (χ3n) is 6.82. The fourth-order valence-electron chi connectivity index (χ4n) is 4.94. The Morgan fingerprint density at radius 1 is 0.919 bits per heavy atom. The number of hydrazone groups is 1. The van der Waals surface area contributed by atoms with Crippen LogP contribution in [-0.2, 0) is 27.7 Å². The van der Waals surface area contributed by atoms with Gasteiger partial charge in [-0.3, -0.25) is 9.10 Å². The van der Waals surface area contributed by atoms with E-state index in [0.29, 0.717) is 5.69 Å². The van der Waals surface area contributed by atoms with Gasteiger partial charge in [-0.05, 0) is 79.3 Å². The van der Waals surface area contributed by atoms with Crippen LogP contribution < -0.4 is 9.73 Å². The molecule has 0 bridgehead atoms. The van der Waals surface area contributed by atoms with Gasteiger partial charge < -0.3 is 0 Å². The predicted octanol–water partition coefficient (Wildman–Crippen LogP) is 5.21. The standard InChI is InChI=1S/C30H29N3O3S/c1-20-7-14-26(15-8-20)37(35,36)33(28-16-9-21(2)17-22(28)3)19-29(34)32-31-18-25-13-12-24-11-10-23-5-4-6-27(25)30(23)24/h4-9,12-18H,10-11,19H2,1-3H3,(H,32,34)/b31-18-. The lowest BCUT2D eigenvalue weighted by molar-refractivity contribution is -0.119. The van der Waals surface area contributed by atoms with Crippen molar-refractivity contribution >= 4 is 38.6 Å². The third kappa shape index (κ3) is 4.87. The maximum absolute atomic E-state index is 13.6. The third-order valence-corrected chi connectivity index (χ3v) is 8.59. The lowest BCUT2D eigenvalue weighted by atomic mass is 10.0. The van der Waals surface area contributed by atoms with E-state index in [2.05, 4.69) is 28.7 Å². The van der Waals surface area contributed by atoms with E-state index in [9.17, 15) is 13.2 Å². The van der Waals surface area contributed by atoms with Crippen molar-refractivity contribution in [2.45, 2.75) is 38.5 Å². The molecule has 6 nitrogen and oxygen atoms in total. The molecule has 0 saturated carbocycles. The van der Waals surface area contributed by atoms with Crippen LogP contribution in [-0.4, -0.2) is 27.1 Å². The number of carbonyl (C=O) groups excluding carboxylic acids is 1. The predicted molar refractivity (Wildman–Crippen MR) is 149 cm³/mol. The zero-order valence-corrected chi connectivity index (χ0v) is 22.0. The fraction of sp³-hybridized carbons (Fsp3) is 0.200. The minimum Gasteiger partial charge on any atom is -0.271 e. The Kier molecular flexibility index (Phi) is 6.56. The summed E-state index contributed by atoms with van der Waals surface area (Å²) in [6.07, 6.45) is 3.69. The highest BCUT2D eigenvalue weighted by Crippen LogP contribution is 2.32. The molecule has 1 amide bonds. The van der Waals surface area contributed by atoms with Gasteiger partial charge in [0.25, 0.3) is 15.9 Å². The Morgan fingerprint density at radius 2 is 1.62 bits per heavy atom. The van der Waals surface area contributed by atoms with Gasteiger partial charge in [0.15, 0.2) is 0 Å². The van der Waals surface area contributed by atoms with E-state index in [-0.39, 0.29) is 4.90 Å². The van der Waals surface area contributed by atoms with Gasteiger partial charge in [0, 0.05) is 5.56 Å². The first-order valence-electron chi connectivity index (χ1n) is 12.3. The van der Waals surface area contributed by atoms with Crippen molar-refractivity contribution < 1.29 is 13.2 Å². The summed E-state index contributed by atoms with van der Waals surface area (Å²) < 4.78 is 28.4. The average Bonchev–Trinajstić information content (AvgIpc) is 3.29. The highest BCUT2D eigenvalue weighted by Gasteiger charge is 2.28. The first kappa shape index (κ1) is 24.7. The topological polar surface area (TPSA) is 78.8 Å². The molecule has 0 aromatic heterocycles. The highest BCUT2D eigenvalue weighted by molar-refractivity contribution is 7.92. The summed E-state index contributed by atoms with van der Waals surface area (Å²) in [5.74, 6) is -0.530. The number of amides is 1. The van der Waals surface area contributed by atoms with Crippen molar-refractivity contribution in [1.82, 2.24) is 5.43 Å². The van der Waals surface area contributed by atoms with Crippen molar-refractivity contribution in [2.24, 2.45) is 5.10 Å². The molecule has 7 heteroatoms. The van der Waals surface area contributed by atoms with Crippen molar-refractivity contribution in [3.8, 4) is 0 Å². The zero-order chi connectivity index (χ0) is 26.2. The molecule has 37 heavy (non-hydrogen) atoms. The molecular formula is C30H29N3O3S. The van der Waals surface area contributed by atoms with Crippen molar-refractivity contribution in [2.75, 3.05) is 10.8 Å². The molecule has 188 valence electrons. The number of hydrogen-bond acceptors (Lipinski definition) is 4. The molecule has 0 unspecified atom stereocenters. The number of benzene rings is 4. The Hall–Kier alpha value is -3.97. The fourth-order valence-corrected chi connectivity index (χ4v) is 6.43. The summed E-state index contributed by atoms with van der Waals surface area (Å²) in [4.78, 5) is 13.1. The molecule has 4 aromatic carbocycles. The number of nitrogens with one attached hydrogen (secondary N) is 1. The summed E-state index contributed by atoms with van der Waals surface area (Å²) >= 11 is 0. The van der Waals surface area contributed by atoms with E-state index < -0.39 is 22.5 Å². The second kappa shape index (κ2) is 9.82. The van der Waals surface area contributed by atoms with Crippen LogP contribution in [0.4, 0.5) is 5.69 Å². The van der Waals surface area contributed by atoms with Crippen LogP contribution in [0, 0.1) is 20.8 Å². The van der Waals surface area contributed by atoms with Crippen LogP contribution in [0.25, 0.3) is 10.8 Å². The summed E-state index contributed by atoms with van der Waals surface area (Å²) in [6.45, 7) is 5.27. The zero-order valence-electron chi connectivity index (χ0n) is 21.2. The molecular weight excluding hydrogens is 482 g/mol. The van der Waals surface area contributed by atoms with E-state index >= 15 is 0 Å². The Labute approximate surface area is 217 Å². The van der Waals surface area contributed by atoms with Crippen molar-refractivity contribution in [3.63, 3.8) is 0 Å². The number of aryl methyl sites for hydroxylation is 5. The summed E-state index contributed by atoms with van der Waals surface area (Å²) in [5.41, 5.74) is 9.27. The molecule has 0 atom stereocenters. The van der Waals surface area contributed by atoms with Crippen LogP contribution in [0.2, 0.25) is 0 Å². The summed E-state index contributed by atoms with van der Waals surface area (Å²) in [5, 5.41) is 6.54. The molecule has 0 aliphatic heterocycles. The Balaban J connectivity index is 1.41. The summed E-state index contributed by atoms with van der Waals surface area (Å²) in [6, 6.07) is 22.5. The maximum atomic E-state index is 13.6. The van der Waals surface area contributed by atoms with Gasteiger partial charge in [0.05, 0.1) is 16.8 Å². The minimum atomic E-state index is -3.99. The van der Waals surface area contributed by atoms with Crippen LogP contribution in [0.1, 0.15) is 33.4 Å². The number of carbonyl (C=O) groups is 1. The van der Waals surface area contributed by atoms with Crippen molar-refractivity contribution in [1.29, 1.82) is 0 Å². The molecule has 0 saturated heterocycles. The second-order valence-electron chi connectivity index (χ2n) is 9.56. The summed E-state index contributed by atoms with van der Waals surface area (Å²) in [7, 11) is -3.99. The van der Waals surface area contributed by atoms with E-state index in [0.717, 1.165) is 44.8 Å². The molecule has 0 spiro atoms. The van der Waals surface area contributed by atoms with E-state index in [1.165, 1.54) is 16.5 Å². The largest absolute Gasteiger partial charge is 0.271 e. The number of sulfonamides is 1. The molecule has 0 fully saturated rings. The first-order chi connectivity index (χ1) is 17.7. The lowest BCUT2D eigenvalue weighted by Gasteiger charge is -2.25. The van der Waals surface area contributed by atoms with Crippen LogP contribution in [0.5, 0.6) is 0 Å². The monoisotopic (exact) mass is 511 g/mol. The molecule has 1 aliphatic rings. The van der Waals surface area contributed by atoms with Gasteiger partial charge >= 0.3 is 0 Å². The Bertz CT molecular complexity index is 1630. The normalized spacial score (nSPS) is 12.8. The SMILES string of the molecule is Cc1ccc(S(=O)(=O)N(CC(=O)N/N=C\c2ccc3c4c(cccc24)CC3)c2ccc(C)cc2C)cc1. The van der Waals surface area contributed by atoms with Gasteiger partial charge in [0.2, 0.25) is 0 Å². The quantitative estimate of drug-likeness (QED) is 0.273. The van der Waals surface area contributed by atoms with E-state index in [4.69, 9.17) is 0 Å². The van der Waals surface area contributed by atoms with Gasteiger partial charge in [0.1, 0.15) is 6.54 Å². The lowest BCUT2D eigenvalue weighted by Crippen LogP contribution is -2.40. The van der Waals surface area contributed by atoms with Crippen molar-refractivity contribution in [3.05, 3.63) is 106 Å². The van der Waals surface area contributed by atoms with Gasteiger partial charge in [-0.15, -0.1) is 0 Å². The number of rotatable bonds is 7. The second-order valence-corrected chi connectivity index (χ2v) is 11.4. The molecule has 5 rings (SSSR count). The molecule has 0 radical (unpaired) electrons. The van der Waals surface area contributed by atoms with E-state index in [1.54, 1.807) is 36.5 Å². The maximum Gasteiger partial charge on any atom is 0.264 e. The molecule has 1 N–H and O–H groups in total. The number of hydrogen-bond donors (Lipinski definition) is 1.